The van der Waals surface area contributed by atoms with E-state index in [9.17, 15) is 9.90 Å². The number of likely N-dealkylation sites (tertiary alicyclic amines) is 2. The smallest absolute Gasteiger partial charge is 0.321 e. The van der Waals surface area contributed by atoms with Gasteiger partial charge >= 0.3 is 5.97 Å². The number of aromatic amines is 1. The third kappa shape index (κ3) is 5.56. The zero-order valence-electron chi connectivity index (χ0n) is 24.8. The van der Waals surface area contributed by atoms with Crippen LogP contribution in [0.1, 0.15) is 92.1 Å². The summed E-state index contributed by atoms with van der Waals surface area (Å²) < 4.78 is 0. The van der Waals surface area contributed by atoms with E-state index in [2.05, 4.69) is 81.6 Å². The van der Waals surface area contributed by atoms with Gasteiger partial charge in [-0.15, -0.1) is 0 Å². The Balaban J connectivity index is 1.01. The number of carboxylic acids is 1. The molecule has 4 fully saturated rings. The van der Waals surface area contributed by atoms with Gasteiger partial charge in [0.15, 0.2) is 0 Å². The summed E-state index contributed by atoms with van der Waals surface area (Å²) in [6.07, 6.45) is 10.4. The molecule has 6 nitrogen and oxygen atoms in total. The quantitative estimate of drug-likeness (QED) is 0.313. The predicted molar refractivity (Wildman–Crippen MR) is 166 cm³/mol. The molecule has 3 atom stereocenters. The van der Waals surface area contributed by atoms with Crippen LogP contribution in [0.15, 0.2) is 66.7 Å². The fourth-order valence-corrected chi connectivity index (χ4v) is 8.62. The minimum Gasteiger partial charge on any atom is -0.480 e. The molecule has 42 heavy (non-hydrogen) atoms. The first-order valence-electron chi connectivity index (χ1n) is 16.5. The van der Waals surface area contributed by atoms with E-state index >= 15 is 0 Å². The number of benzene rings is 2. The van der Waals surface area contributed by atoms with Crippen molar-refractivity contribution in [2.45, 2.75) is 81.1 Å². The van der Waals surface area contributed by atoms with Gasteiger partial charge in [-0.05, 0) is 80.6 Å². The van der Waals surface area contributed by atoms with Crippen molar-refractivity contribution in [2.24, 2.45) is 11.8 Å². The monoisotopic (exact) mass is 566 g/mol. The minimum atomic E-state index is -0.616. The van der Waals surface area contributed by atoms with Crippen LogP contribution in [-0.4, -0.2) is 69.8 Å². The van der Waals surface area contributed by atoms with Crippen LogP contribution in [0.4, 0.5) is 0 Å². The number of carbonyl (C=O) groups is 1. The second-order valence-electron chi connectivity index (χ2n) is 13.6. The second-order valence-corrected chi connectivity index (χ2v) is 13.6. The molecule has 0 bridgehead atoms. The molecular weight excluding hydrogens is 520 g/mol. The molecule has 7 rings (SSSR count). The SMILES string of the molecule is O=C(O)C(C1CCCCC1)N1CC(CN2CCC(c3cc(C4(c5ccccc5)CC4)n[nH]3)CC2)C(c2ccccc2)C1. The molecule has 2 aromatic carbocycles. The summed E-state index contributed by atoms with van der Waals surface area (Å²) in [5.41, 5.74) is 5.39. The van der Waals surface area contributed by atoms with Gasteiger partial charge in [0.1, 0.15) is 6.04 Å². The van der Waals surface area contributed by atoms with Gasteiger partial charge < -0.3 is 10.0 Å². The first kappa shape index (κ1) is 27.8. The summed E-state index contributed by atoms with van der Waals surface area (Å²) in [6.45, 7) is 4.97. The van der Waals surface area contributed by atoms with Crippen molar-refractivity contribution in [3.8, 4) is 0 Å². The first-order chi connectivity index (χ1) is 20.6. The third-order valence-corrected chi connectivity index (χ3v) is 11.1. The van der Waals surface area contributed by atoms with Crippen LogP contribution in [0.2, 0.25) is 0 Å². The minimum absolute atomic E-state index is 0.114. The first-order valence-corrected chi connectivity index (χ1v) is 16.5. The molecule has 2 saturated heterocycles. The van der Waals surface area contributed by atoms with Crippen molar-refractivity contribution in [1.29, 1.82) is 0 Å². The maximum atomic E-state index is 12.6. The van der Waals surface area contributed by atoms with Crippen molar-refractivity contribution in [1.82, 2.24) is 20.0 Å². The highest BCUT2D eigenvalue weighted by Gasteiger charge is 2.48. The standard InChI is InChI=1S/C36H46N4O2/c41-35(42)34(28-12-6-2-7-13-28)40-24-29(31(25-40)26-10-4-1-5-11-26)23-39-20-16-27(17-21-39)32-22-33(38-37-32)36(18-19-36)30-14-8-3-9-15-30/h1,3-5,8-11,14-15,22,27-29,31,34H,2,6-7,12-13,16-21,23-25H2,(H,37,38)(H,41,42). The predicted octanol–water partition coefficient (Wildman–Crippen LogP) is 6.42. The molecule has 2 N–H and O–H groups in total. The van der Waals surface area contributed by atoms with E-state index in [4.69, 9.17) is 5.10 Å². The number of aliphatic carboxylic acids is 1. The van der Waals surface area contributed by atoms with E-state index in [1.165, 1.54) is 54.6 Å². The molecule has 0 spiro atoms. The number of rotatable bonds is 9. The van der Waals surface area contributed by atoms with Gasteiger partial charge in [0.25, 0.3) is 0 Å². The van der Waals surface area contributed by atoms with Crippen LogP contribution in [0.3, 0.4) is 0 Å². The Hall–Kier alpha value is -2.96. The number of nitrogens with one attached hydrogen (secondary N) is 1. The summed E-state index contributed by atoms with van der Waals surface area (Å²) in [6, 6.07) is 23.8. The normalized spacial score (nSPS) is 26.3. The Morgan fingerprint density at radius 1 is 0.929 bits per heavy atom. The largest absolute Gasteiger partial charge is 0.480 e. The average Bonchev–Trinajstić information content (AvgIpc) is 3.51. The number of carboxylic acid groups (broad SMARTS) is 1. The van der Waals surface area contributed by atoms with Crippen LogP contribution in [-0.2, 0) is 10.2 Å². The van der Waals surface area contributed by atoms with Gasteiger partial charge in [0.05, 0.1) is 5.69 Å². The molecule has 1 aromatic heterocycles. The number of piperidine rings is 1. The van der Waals surface area contributed by atoms with Gasteiger partial charge in [0, 0.05) is 42.6 Å². The highest BCUT2D eigenvalue weighted by Crippen LogP contribution is 2.53. The number of aromatic nitrogens is 2. The second kappa shape index (κ2) is 12.0. The van der Waals surface area contributed by atoms with E-state index in [1.807, 2.05) is 0 Å². The molecule has 2 aliphatic carbocycles. The average molecular weight is 567 g/mol. The molecule has 3 aromatic rings. The van der Waals surface area contributed by atoms with Gasteiger partial charge in [-0.25, -0.2) is 0 Å². The molecule has 3 unspecified atom stereocenters. The van der Waals surface area contributed by atoms with Crippen molar-refractivity contribution in [2.75, 3.05) is 32.7 Å². The van der Waals surface area contributed by atoms with Gasteiger partial charge in [-0.3, -0.25) is 14.8 Å². The summed E-state index contributed by atoms with van der Waals surface area (Å²) in [7, 11) is 0. The van der Waals surface area contributed by atoms with Crippen molar-refractivity contribution in [3.05, 3.63) is 89.2 Å². The highest BCUT2D eigenvalue weighted by atomic mass is 16.4. The van der Waals surface area contributed by atoms with Crippen LogP contribution < -0.4 is 0 Å². The lowest BCUT2D eigenvalue weighted by atomic mass is 9.83. The maximum Gasteiger partial charge on any atom is 0.321 e. The molecule has 2 aliphatic heterocycles. The van der Waals surface area contributed by atoms with E-state index < -0.39 is 5.97 Å². The third-order valence-electron chi connectivity index (χ3n) is 11.1. The molecule has 4 aliphatic rings. The zero-order chi connectivity index (χ0) is 28.5. The Morgan fingerprint density at radius 3 is 2.29 bits per heavy atom. The number of H-pyrrole nitrogens is 1. The molecule has 0 radical (unpaired) electrons. The van der Waals surface area contributed by atoms with E-state index in [0.717, 1.165) is 58.4 Å². The van der Waals surface area contributed by atoms with Crippen molar-refractivity contribution >= 4 is 5.97 Å². The molecule has 3 heterocycles. The Kier molecular flexibility index (Phi) is 7.93. The Morgan fingerprint density at radius 2 is 1.62 bits per heavy atom. The summed E-state index contributed by atoms with van der Waals surface area (Å²) >= 11 is 0. The summed E-state index contributed by atoms with van der Waals surface area (Å²) in [4.78, 5) is 17.6. The fraction of sp³-hybridized carbons (Fsp3) is 0.556. The topological polar surface area (TPSA) is 72.5 Å². The lowest BCUT2D eigenvalue weighted by molar-refractivity contribution is -0.145. The summed E-state index contributed by atoms with van der Waals surface area (Å²) in [5, 5.41) is 18.6. The molecule has 2 saturated carbocycles. The van der Waals surface area contributed by atoms with Crippen molar-refractivity contribution in [3.63, 3.8) is 0 Å². The lowest BCUT2D eigenvalue weighted by Crippen LogP contribution is -2.46. The van der Waals surface area contributed by atoms with Crippen LogP contribution >= 0.6 is 0 Å². The number of hydrogen-bond acceptors (Lipinski definition) is 4. The van der Waals surface area contributed by atoms with Gasteiger partial charge in [-0.2, -0.15) is 5.10 Å². The number of nitrogens with zero attached hydrogens (tertiary/aromatic N) is 3. The van der Waals surface area contributed by atoms with Crippen LogP contribution in [0.5, 0.6) is 0 Å². The highest BCUT2D eigenvalue weighted by molar-refractivity contribution is 5.74. The van der Waals surface area contributed by atoms with Crippen LogP contribution in [0, 0.1) is 11.8 Å². The van der Waals surface area contributed by atoms with E-state index in [-0.39, 0.29) is 17.4 Å². The van der Waals surface area contributed by atoms with Crippen molar-refractivity contribution < 1.29 is 9.90 Å². The van der Waals surface area contributed by atoms with Gasteiger partial charge in [-0.1, -0.05) is 79.9 Å². The van der Waals surface area contributed by atoms with E-state index in [0.29, 0.717) is 17.8 Å². The maximum absolute atomic E-state index is 12.6. The summed E-state index contributed by atoms with van der Waals surface area (Å²) in [5.74, 6) is 1.04. The van der Waals surface area contributed by atoms with Gasteiger partial charge in [0.2, 0.25) is 0 Å². The number of hydrogen-bond donors (Lipinski definition) is 2. The Bertz CT molecular complexity index is 1320. The fourth-order valence-electron chi connectivity index (χ4n) is 8.62. The molecule has 222 valence electrons. The molecule has 0 amide bonds. The lowest BCUT2D eigenvalue weighted by Gasteiger charge is -2.35. The molecular formula is C36H46N4O2. The zero-order valence-corrected chi connectivity index (χ0v) is 24.8. The van der Waals surface area contributed by atoms with E-state index in [1.54, 1.807) is 0 Å². The Labute approximate surface area is 250 Å². The van der Waals surface area contributed by atoms with Crippen LogP contribution in [0.25, 0.3) is 0 Å². The molecule has 6 heteroatoms.